The zero-order chi connectivity index (χ0) is 15.4. The third-order valence-corrected chi connectivity index (χ3v) is 3.52. The molecule has 2 aromatic rings. The number of fused-ring (bicyclic) bond motifs is 1. The Morgan fingerprint density at radius 3 is 2.57 bits per heavy atom. The number of carbonyl (C=O) groups excluding carboxylic acids is 1. The Labute approximate surface area is 125 Å². The van der Waals surface area contributed by atoms with Gasteiger partial charge in [0.05, 0.1) is 25.1 Å². The van der Waals surface area contributed by atoms with E-state index in [1.165, 1.54) is 0 Å². The summed E-state index contributed by atoms with van der Waals surface area (Å²) in [5.74, 6) is 0.0676. The van der Waals surface area contributed by atoms with Crippen LogP contribution in [0.2, 0.25) is 0 Å². The molecule has 0 amide bonds. The third-order valence-electron chi connectivity index (χ3n) is 3.19. The van der Waals surface area contributed by atoms with Gasteiger partial charge in [-0.05, 0) is 29.0 Å². The van der Waals surface area contributed by atoms with Crippen LogP contribution in [0.5, 0.6) is 5.75 Å². The first kappa shape index (κ1) is 15.6. The molecule has 0 bridgehead atoms. The summed E-state index contributed by atoms with van der Waals surface area (Å²) in [6, 6.07) is 10.9. The maximum Gasteiger partial charge on any atom is 0.168 e. The molecule has 21 heavy (non-hydrogen) atoms. The van der Waals surface area contributed by atoms with Crippen molar-refractivity contribution in [3.63, 3.8) is 0 Å². The Hall–Kier alpha value is -1.76. The molecule has 5 nitrogen and oxygen atoms in total. The van der Waals surface area contributed by atoms with Gasteiger partial charge in [0, 0.05) is 11.5 Å². The highest BCUT2D eigenvalue weighted by Gasteiger charge is 2.16. The number of ether oxygens (including phenoxy) is 1. The monoisotopic (exact) mass is 307 g/mol. The van der Waals surface area contributed by atoms with E-state index in [-0.39, 0.29) is 12.4 Å². The van der Waals surface area contributed by atoms with Crippen LogP contribution in [0.15, 0.2) is 36.4 Å². The second-order valence-electron chi connectivity index (χ2n) is 4.68. The van der Waals surface area contributed by atoms with E-state index >= 15 is 0 Å². The minimum absolute atomic E-state index is 0.154. The molecule has 0 N–H and O–H groups in total. The van der Waals surface area contributed by atoms with Gasteiger partial charge in [0.25, 0.3) is 0 Å². The number of carbonyl (C=O) groups is 1. The summed E-state index contributed by atoms with van der Waals surface area (Å²) in [6.45, 7) is 1.48. The highest BCUT2D eigenvalue weighted by molar-refractivity contribution is 7.74. The lowest BCUT2D eigenvalue weighted by atomic mass is 9.97. The topological polar surface area (TPSA) is 75.7 Å². The summed E-state index contributed by atoms with van der Waals surface area (Å²) in [5, 5.41) is 1.89. The van der Waals surface area contributed by atoms with Crippen molar-refractivity contribution < 1.29 is 22.5 Å². The van der Waals surface area contributed by atoms with Crippen molar-refractivity contribution in [1.29, 1.82) is 0 Å². The molecule has 0 spiro atoms. The maximum atomic E-state index is 12.2. The van der Waals surface area contributed by atoms with Gasteiger partial charge in [0.15, 0.2) is 5.78 Å². The summed E-state index contributed by atoms with van der Waals surface area (Å²) in [4.78, 5) is 12.2. The van der Waals surface area contributed by atoms with Gasteiger partial charge in [-0.2, -0.15) is 0 Å². The molecule has 0 aliphatic rings. The molecule has 2 aromatic carbocycles. The van der Waals surface area contributed by atoms with E-state index < -0.39 is 17.3 Å². The van der Waals surface area contributed by atoms with Crippen LogP contribution in [0, 0.1) is 5.92 Å². The first-order chi connectivity index (χ1) is 10.0. The maximum absolute atomic E-state index is 12.2. The number of hydrogen-bond donors (Lipinski definition) is 0. The molecule has 0 aliphatic heterocycles. The Morgan fingerprint density at radius 1 is 1.24 bits per heavy atom. The summed E-state index contributed by atoms with van der Waals surface area (Å²) in [7, 11) is 1.60. The zero-order valence-electron chi connectivity index (χ0n) is 11.7. The average molecular weight is 307 g/mol. The molecule has 0 radical (unpaired) electrons. The molecule has 0 saturated carbocycles. The van der Waals surface area contributed by atoms with E-state index in [1.807, 2.05) is 24.3 Å². The predicted octanol–water partition coefficient (Wildman–Crippen LogP) is 2.48. The van der Waals surface area contributed by atoms with Gasteiger partial charge in [-0.25, -0.2) is 4.21 Å². The standard InChI is InChI=1S/C15H16O5S/c1-10(9-20-21(17)18)15(16)13-4-3-12-8-14(19-2)6-5-11(12)7-13/h3-8,10H,9H2,1-2H3,(H,17,18)/p-1. The van der Waals surface area contributed by atoms with E-state index in [4.69, 9.17) is 4.74 Å². The van der Waals surface area contributed by atoms with E-state index in [0.717, 1.165) is 16.5 Å². The Balaban J connectivity index is 2.22. The molecule has 2 rings (SSSR count). The minimum atomic E-state index is -2.60. The highest BCUT2D eigenvalue weighted by Crippen LogP contribution is 2.23. The van der Waals surface area contributed by atoms with Crippen molar-refractivity contribution >= 4 is 27.9 Å². The smallest absolute Gasteiger partial charge is 0.168 e. The lowest BCUT2D eigenvalue weighted by Crippen LogP contribution is -2.18. The van der Waals surface area contributed by atoms with Crippen LogP contribution in [-0.2, 0) is 15.5 Å². The van der Waals surface area contributed by atoms with Crippen LogP contribution in [0.4, 0.5) is 0 Å². The summed E-state index contributed by atoms with van der Waals surface area (Å²) in [6.07, 6.45) is 0. The van der Waals surface area contributed by atoms with Gasteiger partial charge in [0.1, 0.15) is 5.75 Å². The quantitative estimate of drug-likeness (QED) is 0.605. The Bertz CT molecular complexity index is 683. The van der Waals surface area contributed by atoms with E-state index in [0.29, 0.717) is 5.56 Å². The lowest BCUT2D eigenvalue weighted by molar-refractivity contribution is 0.0891. The van der Waals surface area contributed by atoms with Gasteiger partial charge in [-0.15, -0.1) is 0 Å². The van der Waals surface area contributed by atoms with Crippen molar-refractivity contribution in [3.05, 3.63) is 42.0 Å². The van der Waals surface area contributed by atoms with Crippen LogP contribution in [0.1, 0.15) is 17.3 Å². The second-order valence-corrected chi connectivity index (χ2v) is 5.33. The zero-order valence-corrected chi connectivity index (χ0v) is 12.5. The van der Waals surface area contributed by atoms with Crippen molar-refractivity contribution in [3.8, 4) is 5.75 Å². The lowest BCUT2D eigenvalue weighted by Gasteiger charge is -2.12. The molecule has 0 fully saturated rings. The van der Waals surface area contributed by atoms with Crippen molar-refractivity contribution in [2.75, 3.05) is 13.7 Å². The normalized spacial score (nSPS) is 13.9. The molecule has 0 saturated heterocycles. The van der Waals surface area contributed by atoms with Crippen LogP contribution in [0.3, 0.4) is 0 Å². The van der Waals surface area contributed by atoms with Gasteiger partial charge in [-0.3, -0.25) is 4.79 Å². The summed E-state index contributed by atoms with van der Waals surface area (Å²) in [5.41, 5.74) is 0.528. The Kier molecular flexibility index (Phi) is 5.06. The van der Waals surface area contributed by atoms with Crippen molar-refractivity contribution in [2.45, 2.75) is 6.92 Å². The van der Waals surface area contributed by atoms with Crippen molar-refractivity contribution in [1.82, 2.24) is 0 Å². The predicted molar refractivity (Wildman–Crippen MR) is 78.9 cm³/mol. The summed E-state index contributed by atoms with van der Waals surface area (Å²) >= 11 is -2.60. The largest absolute Gasteiger partial charge is 0.750 e. The van der Waals surface area contributed by atoms with Crippen LogP contribution < -0.4 is 4.74 Å². The molecular formula is C15H15O5S-. The molecule has 0 aromatic heterocycles. The SMILES string of the molecule is COc1ccc2cc(C(=O)C(C)COS(=O)[O-])ccc2c1. The number of hydrogen-bond acceptors (Lipinski definition) is 5. The highest BCUT2D eigenvalue weighted by atomic mass is 32.2. The molecular weight excluding hydrogens is 292 g/mol. The number of methoxy groups -OCH3 is 1. The van der Waals surface area contributed by atoms with Crippen LogP contribution in [-0.4, -0.2) is 28.3 Å². The van der Waals surface area contributed by atoms with E-state index in [9.17, 15) is 13.6 Å². The molecule has 0 heterocycles. The van der Waals surface area contributed by atoms with Crippen LogP contribution >= 0.6 is 0 Å². The van der Waals surface area contributed by atoms with Crippen LogP contribution in [0.25, 0.3) is 10.8 Å². The third kappa shape index (κ3) is 3.87. The van der Waals surface area contributed by atoms with Crippen molar-refractivity contribution in [2.24, 2.45) is 5.92 Å². The van der Waals surface area contributed by atoms with Gasteiger partial charge in [-0.1, -0.05) is 25.1 Å². The molecule has 6 heteroatoms. The molecule has 2 atom stereocenters. The first-order valence-electron chi connectivity index (χ1n) is 6.36. The fraction of sp³-hybridized carbons (Fsp3) is 0.267. The minimum Gasteiger partial charge on any atom is -0.750 e. The first-order valence-corrected chi connectivity index (χ1v) is 7.36. The van der Waals surface area contributed by atoms with Gasteiger partial charge < -0.3 is 13.5 Å². The Morgan fingerprint density at radius 2 is 1.90 bits per heavy atom. The van der Waals surface area contributed by atoms with Gasteiger partial charge >= 0.3 is 0 Å². The summed E-state index contributed by atoms with van der Waals surface area (Å²) < 4.78 is 30.3. The molecule has 2 unspecified atom stereocenters. The number of Topliss-reactive ketones (excluding diaryl/α,β-unsaturated/α-hetero) is 1. The number of rotatable bonds is 6. The fourth-order valence-electron chi connectivity index (χ4n) is 2.02. The fourth-order valence-corrected chi connectivity index (χ4v) is 2.34. The van der Waals surface area contributed by atoms with Gasteiger partial charge in [0.2, 0.25) is 0 Å². The van der Waals surface area contributed by atoms with E-state index in [1.54, 1.807) is 26.2 Å². The number of benzene rings is 2. The molecule has 0 aliphatic carbocycles. The molecule has 112 valence electrons. The number of ketones is 1. The van der Waals surface area contributed by atoms with E-state index in [2.05, 4.69) is 4.18 Å². The second kappa shape index (κ2) is 6.80. The average Bonchev–Trinajstić information content (AvgIpc) is 2.50.